The van der Waals surface area contributed by atoms with Crippen LogP contribution < -0.4 is 4.74 Å². The Balaban J connectivity index is 1.71. The molecule has 0 spiro atoms. The smallest absolute Gasteiger partial charge is 0.267 e. The van der Waals surface area contributed by atoms with Gasteiger partial charge in [-0.15, -0.1) is 0 Å². The number of carbonyl (C=O) groups excluding carboxylic acids is 1. The van der Waals surface area contributed by atoms with E-state index in [-0.39, 0.29) is 11.9 Å². The fourth-order valence-electron chi connectivity index (χ4n) is 3.89. The zero-order valence-corrected chi connectivity index (χ0v) is 19.7. The fraction of sp³-hybridized carbons (Fsp3) is 0.280. The monoisotopic (exact) mass is 496 g/mol. The quantitative estimate of drug-likeness (QED) is 0.320. The molecular formula is C25H25BrN2O2S. The molecule has 2 aromatic rings. The number of hydrogen-bond acceptors (Lipinski definition) is 4. The van der Waals surface area contributed by atoms with Crippen molar-refractivity contribution in [2.75, 3.05) is 6.61 Å². The van der Waals surface area contributed by atoms with E-state index >= 15 is 0 Å². The number of ether oxygens (including phenoxy) is 1. The number of hydrogen-bond donors (Lipinski definition) is 0. The van der Waals surface area contributed by atoms with E-state index in [1.54, 1.807) is 6.08 Å². The molecule has 4 nitrogen and oxygen atoms in total. The number of amidine groups is 1. The summed E-state index contributed by atoms with van der Waals surface area (Å²) in [6, 6.07) is 15.8. The summed E-state index contributed by atoms with van der Waals surface area (Å²) in [6.45, 7) is 4.13. The van der Waals surface area contributed by atoms with Crippen LogP contribution in [0, 0.1) is 0 Å². The third-order valence-corrected chi connectivity index (χ3v) is 6.85. The lowest BCUT2D eigenvalue weighted by Gasteiger charge is -2.30. The third kappa shape index (κ3) is 5.31. The largest absolute Gasteiger partial charge is 0.489 e. The minimum atomic E-state index is 0.0289. The summed E-state index contributed by atoms with van der Waals surface area (Å²) in [5.41, 5.74) is 1.72. The van der Waals surface area contributed by atoms with Gasteiger partial charge in [0.15, 0.2) is 5.17 Å². The fourth-order valence-corrected chi connectivity index (χ4v) is 5.32. The van der Waals surface area contributed by atoms with Gasteiger partial charge in [0.05, 0.1) is 10.6 Å². The van der Waals surface area contributed by atoms with Crippen molar-refractivity contribution in [3.8, 4) is 5.75 Å². The minimum absolute atomic E-state index is 0.0289. The van der Waals surface area contributed by atoms with Crippen molar-refractivity contribution in [1.29, 1.82) is 0 Å². The van der Waals surface area contributed by atoms with Gasteiger partial charge >= 0.3 is 0 Å². The second kappa shape index (κ2) is 10.3. The molecule has 6 heteroatoms. The van der Waals surface area contributed by atoms with E-state index in [0.717, 1.165) is 52.3 Å². The number of aliphatic imine (C=N–C) groups is 1. The Morgan fingerprint density at radius 1 is 1.16 bits per heavy atom. The SMILES string of the molecule is C=CCOc1ccc(Br)cc1/C=C1\SC(=Nc2ccccc2)N(C2CCCCC2)C1=O. The predicted octanol–water partition coefficient (Wildman–Crippen LogP) is 6.95. The molecule has 0 unspecified atom stereocenters. The highest BCUT2D eigenvalue weighted by Crippen LogP contribution is 2.39. The molecule has 1 amide bonds. The number of nitrogens with zero attached hydrogens (tertiary/aromatic N) is 2. The molecular weight excluding hydrogens is 472 g/mol. The normalized spacial score (nSPS) is 19.9. The number of halogens is 1. The van der Waals surface area contributed by atoms with Gasteiger partial charge in [-0.3, -0.25) is 9.69 Å². The Labute approximate surface area is 196 Å². The van der Waals surface area contributed by atoms with Gasteiger partial charge < -0.3 is 4.74 Å². The predicted molar refractivity (Wildman–Crippen MR) is 133 cm³/mol. The van der Waals surface area contributed by atoms with Crippen LogP contribution in [0.25, 0.3) is 6.08 Å². The highest BCUT2D eigenvalue weighted by molar-refractivity contribution is 9.10. The molecule has 31 heavy (non-hydrogen) atoms. The molecule has 2 aromatic carbocycles. The lowest BCUT2D eigenvalue weighted by atomic mass is 9.94. The Morgan fingerprint density at radius 3 is 2.68 bits per heavy atom. The molecule has 160 valence electrons. The van der Waals surface area contributed by atoms with Gasteiger partial charge in [0.1, 0.15) is 12.4 Å². The van der Waals surface area contributed by atoms with Crippen LogP contribution >= 0.6 is 27.7 Å². The average Bonchev–Trinajstić information content (AvgIpc) is 3.09. The van der Waals surface area contributed by atoms with Crippen molar-refractivity contribution in [2.45, 2.75) is 38.1 Å². The van der Waals surface area contributed by atoms with Crippen molar-refractivity contribution in [2.24, 2.45) is 4.99 Å². The second-order valence-electron chi connectivity index (χ2n) is 7.59. The Kier molecular flexibility index (Phi) is 7.30. The van der Waals surface area contributed by atoms with Crippen LogP contribution in [0.3, 0.4) is 0 Å². The summed E-state index contributed by atoms with van der Waals surface area (Å²) in [7, 11) is 0. The molecule has 0 aromatic heterocycles. The standard InChI is InChI=1S/C25H25BrN2O2S/c1-2-15-30-22-14-13-19(26)16-18(22)17-23-24(29)28(21-11-7-4-8-12-21)25(31-23)27-20-9-5-3-6-10-20/h2-3,5-6,9-10,13-14,16-17,21H,1,4,7-8,11-12,15H2/b23-17-,27-25?. The Bertz CT molecular complexity index is 1010. The van der Waals surface area contributed by atoms with E-state index in [4.69, 9.17) is 9.73 Å². The van der Waals surface area contributed by atoms with E-state index in [1.165, 1.54) is 18.2 Å². The maximum absolute atomic E-state index is 13.5. The van der Waals surface area contributed by atoms with Crippen LogP contribution in [0.1, 0.15) is 37.7 Å². The molecule has 4 rings (SSSR count). The van der Waals surface area contributed by atoms with Gasteiger partial charge in [0.2, 0.25) is 0 Å². The summed E-state index contributed by atoms with van der Waals surface area (Å²) in [6.07, 6.45) is 9.23. The van der Waals surface area contributed by atoms with E-state index in [9.17, 15) is 4.79 Å². The summed E-state index contributed by atoms with van der Waals surface area (Å²) >= 11 is 4.97. The average molecular weight is 497 g/mol. The maximum atomic E-state index is 13.5. The molecule has 1 saturated carbocycles. The van der Waals surface area contributed by atoms with Crippen molar-refractivity contribution in [1.82, 2.24) is 4.90 Å². The Morgan fingerprint density at radius 2 is 1.94 bits per heavy atom. The number of thioether (sulfide) groups is 1. The first-order chi connectivity index (χ1) is 15.2. The van der Waals surface area contributed by atoms with E-state index in [1.807, 2.05) is 59.5 Å². The van der Waals surface area contributed by atoms with Crippen molar-refractivity contribution in [3.05, 3.63) is 76.1 Å². The topological polar surface area (TPSA) is 41.9 Å². The van der Waals surface area contributed by atoms with Crippen LogP contribution in [-0.4, -0.2) is 28.6 Å². The first-order valence-corrected chi connectivity index (χ1v) is 12.2. The van der Waals surface area contributed by atoms with Gasteiger partial charge in [-0.25, -0.2) is 4.99 Å². The molecule has 2 aliphatic rings. The first kappa shape index (κ1) is 21.9. The minimum Gasteiger partial charge on any atom is -0.489 e. The summed E-state index contributed by atoms with van der Waals surface area (Å²) in [4.78, 5) is 20.9. The van der Waals surface area contributed by atoms with Gasteiger partial charge in [0, 0.05) is 16.1 Å². The van der Waals surface area contributed by atoms with Crippen LogP contribution in [0.4, 0.5) is 5.69 Å². The van der Waals surface area contributed by atoms with Crippen LogP contribution in [0.5, 0.6) is 5.75 Å². The number of rotatable bonds is 6. The molecule has 0 radical (unpaired) electrons. The van der Waals surface area contributed by atoms with Crippen LogP contribution in [0.2, 0.25) is 0 Å². The molecule has 2 fully saturated rings. The number of benzene rings is 2. The molecule has 0 bridgehead atoms. The number of para-hydroxylation sites is 1. The first-order valence-electron chi connectivity index (χ1n) is 10.6. The molecule has 1 heterocycles. The third-order valence-electron chi connectivity index (χ3n) is 5.37. The van der Waals surface area contributed by atoms with Crippen LogP contribution in [0.15, 0.2) is 75.6 Å². The van der Waals surface area contributed by atoms with Gasteiger partial charge in [-0.1, -0.05) is 66.0 Å². The van der Waals surface area contributed by atoms with Crippen molar-refractivity contribution >= 4 is 50.5 Å². The van der Waals surface area contributed by atoms with Crippen molar-refractivity contribution in [3.63, 3.8) is 0 Å². The highest BCUT2D eigenvalue weighted by Gasteiger charge is 2.38. The summed E-state index contributed by atoms with van der Waals surface area (Å²) in [5.74, 6) is 0.753. The van der Waals surface area contributed by atoms with Crippen LogP contribution in [-0.2, 0) is 4.79 Å². The van der Waals surface area contributed by atoms with Gasteiger partial charge in [-0.2, -0.15) is 0 Å². The molecule has 1 aliphatic carbocycles. The zero-order valence-electron chi connectivity index (χ0n) is 17.3. The second-order valence-corrected chi connectivity index (χ2v) is 9.51. The van der Waals surface area contributed by atoms with E-state index < -0.39 is 0 Å². The number of carbonyl (C=O) groups is 1. The lowest BCUT2D eigenvalue weighted by molar-refractivity contribution is -0.124. The summed E-state index contributed by atoms with van der Waals surface area (Å²) in [5, 5.41) is 0.762. The molecule has 1 aliphatic heterocycles. The maximum Gasteiger partial charge on any atom is 0.267 e. The Hall–Kier alpha value is -2.31. The molecule has 1 saturated heterocycles. The highest BCUT2D eigenvalue weighted by atomic mass is 79.9. The van der Waals surface area contributed by atoms with Gasteiger partial charge in [0.25, 0.3) is 5.91 Å². The van der Waals surface area contributed by atoms with E-state index in [0.29, 0.717) is 11.5 Å². The van der Waals surface area contributed by atoms with E-state index in [2.05, 4.69) is 22.5 Å². The summed E-state index contributed by atoms with van der Waals surface area (Å²) < 4.78 is 6.74. The lowest BCUT2D eigenvalue weighted by Crippen LogP contribution is -2.40. The number of amides is 1. The molecule has 0 atom stereocenters. The van der Waals surface area contributed by atoms with Crippen molar-refractivity contribution < 1.29 is 9.53 Å². The molecule has 0 N–H and O–H groups in total. The zero-order chi connectivity index (χ0) is 21.6. The van der Waals surface area contributed by atoms with Gasteiger partial charge in [-0.05, 0) is 61.0 Å².